The molecule has 0 fully saturated rings. The Bertz CT molecular complexity index is 1260. The Morgan fingerprint density at radius 3 is 2.61 bits per heavy atom. The summed E-state index contributed by atoms with van der Waals surface area (Å²) in [6.45, 7) is 2.35. The van der Waals surface area contributed by atoms with Crippen LogP contribution in [0.25, 0.3) is 11.1 Å². The summed E-state index contributed by atoms with van der Waals surface area (Å²) in [5.41, 5.74) is 4.72. The van der Waals surface area contributed by atoms with Crippen molar-refractivity contribution in [3.8, 4) is 16.9 Å². The molecule has 1 unspecified atom stereocenters. The molecular formula is C25H25FN4O2S. The van der Waals surface area contributed by atoms with E-state index in [1.807, 2.05) is 55.5 Å². The van der Waals surface area contributed by atoms with E-state index in [0.717, 1.165) is 28.1 Å². The van der Waals surface area contributed by atoms with Gasteiger partial charge in [0.25, 0.3) is 0 Å². The molecule has 0 amide bonds. The van der Waals surface area contributed by atoms with Crippen LogP contribution < -0.4 is 9.62 Å². The molecule has 0 saturated carbocycles. The molecule has 1 aromatic heterocycles. The Hall–Kier alpha value is -3.65. The summed E-state index contributed by atoms with van der Waals surface area (Å²) in [7, 11) is 0.343. The van der Waals surface area contributed by atoms with Crippen LogP contribution in [0.15, 0.2) is 78.0 Å². The predicted octanol–water partition coefficient (Wildman–Crippen LogP) is 5.25. The van der Waals surface area contributed by atoms with Crippen molar-refractivity contribution in [1.82, 2.24) is 10.2 Å². The number of nitrogens with zero attached hydrogens (tertiary/aromatic N) is 2. The number of rotatable bonds is 8. The quantitative estimate of drug-likeness (QED) is 0.332. The van der Waals surface area contributed by atoms with Gasteiger partial charge in [-0.3, -0.25) is 9.40 Å². The third kappa shape index (κ3) is 4.75. The van der Waals surface area contributed by atoms with Crippen LogP contribution in [0.3, 0.4) is 0 Å². The first-order chi connectivity index (χ1) is 16.0. The van der Waals surface area contributed by atoms with Crippen molar-refractivity contribution in [2.24, 2.45) is 0 Å². The molecule has 170 valence electrons. The van der Waals surface area contributed by atoms with Crippen molar-refractivity contribution in [3.05, 3.63) is 90.0 Å². The molecule has 0 radical (unpaired) electrons. The van der Waals surface area contributed by atoms with Crippen molar-refractivity contribution >= 4 is 22.4 Å². The van der Waals surface area contributed by atoms with Gasteiger partial charge >= 0.3 is 0 Å². The molecule has 1 heterocycles. The molecule has 3 aromatic carbocycles. The maximum atomic E-state index is 14.4. The molecule has 6 nitrogen and oxygen atoms in total. The SMILES string of the molecule is CCc1cc(O)c(F)cc1-c1cccc(N(C)S(=O)c2ccccc2)c1CNc1cn[nH]c1. The van der Waals surface area contributed by atoms with Crippen molar-refractivity contribution in [2.75, 3.05) is 16.7 Å². The Morgan fingerprint density at radius 1 is 1.12 bits per heavy atom. The van der Waals surface area contributed by atoms with Crippen LogP contribution >= 0.6 is 0 Å². The van der Waals surface area contributed by atoms with Crippen LogP contribution in [-0.4, -0.2) is 26.6 Å². The zero-order chi connectivity index (χ0) is 23.4. The lowest BCUT2D eigenvalue weighted by molar-refractivity contribution is 0.432. The predicted molar refractivity (Wildman–Crippen MR) is 130 cm³/mol. The van der Waals surface area contributed by atoms with Crippen molar-refractivity contribution in [1.29, 1.82) is 0 Å². The summed E-state index contributed by atoms with van der Waals surface area (Å²) < 4.78 is 29.4. The van der Waals surface area contributed by atoms with Crippen LogP contribution in [0.1, 0.15) is 18.1 Å². The van der Waals surface area contributed by atoms with Gasteiger partial charge in [0.15, 0.2) is 22.6 Å². The summed E-state index contributed by atoms with van der Waals surface area (Å²) in [4.78, 5) is 0.684. The fourth-order valence-corrected chi connectivity index (χ4v) is 4.83. The Kier molecular flexibility index (Phi) is 6.74. The normalized spacial score (nSPS) is 11.8. The Balaban J connectivity index is 1.83. The summed E-state index contributed by atoms with van der Waals surface area (Å²) in [5, 5.41) is 20.0. The van der Waals surface area contributed by atoms with Gasteiger partial charge < -0.3 is 10.4 Å². The van der Waals surface area contributed by atoms with E-state index in [-0.39, 0.29) is 5.75 Å². The van der Waals surface area contributed by atoms with Gasteiger partial charge in [0, 0.05) is 25.4 Å². The Morgan fingerprint density at radius 2 is 1.91 bits per heavy atom. The molecule has 0 saturated heterocycles. The number of aryl methyl sites for hydroxylation is 1. The second-order valence-electron chi connectivity index (χ2n) is 7.52. The molecule has 4 rings (SSSR count). The molecule has 0 spiro atoms. The van der Waals surface area contributed by atoms with E-state index in [9.17, 15) is 13.7 Å². The topological polar surface area (TPSA) is 81.2 Å². The minimum absolute atomic E-state index is 0.368. The van der Waals surface area contributed by atoms with Gasteiger partial charge in [0.2, 0.25) is 0 Å². The number of halogens is 1. The summed E-state index contributed by atoms with van der Waals surface area (Å²) >= 11 is 0. The van der Waals surface area contributed by atoms with Gasteiger partial charge in [-0.25, -0.2) is 8.60 Å². The molecule has 1 atom stereocenters. The molecule has 0 aliphatic carbocycles. The van der Waals surface area contributed by atoms with Crippen LogP contribution in [0.2, 0.25) is 0 Å². The standard InChI is InChI=1S/C25H25FN4O2S/c1-3-17-12-25(31)23(26)13-21(17)20-10-7-11-24(22(20)16-27-18-14-28-29-15-18)30(2)33(32)19-8-5-4-6-9-19/h4-15,27,31H,3,16H2,1-2H3,(H,28,29). The number of nitrogens with one attached hydrogen (secondary N) is 2. The molecule has 4 aromatic rings. The number of anilines is 2. The number of benzene rings is 3. The van der Waals surface area contributed by atoms with Gasteiger partial charge in [-0.2, -0.15) is 5.10 Å². The minimum Gasteiger partial charge on any atom is -0.505 e. The van der Waals surface area contributed by atoms with Crippen LogP contribution in [0, 0.1) is 5.82 Å². The van der Waals surface area contributed by atoms with E-state index < -0.39 is 16.8 Å². The van der Waals surface area contributed by atoms with Crippen LogP contribution in [-0.2, 0) is 24.0 Å². The second kappa shape index (κ2) is 9.87. The van der Waals surface area contributed by atoms with Crippen molar-refractivity contribution < 1.29 is 13.7 Å². The van der Waals surface area contributed by atoms with Crippen LogP contribution in [0.5, 0.6) is 5.75 Å². The molecule has 0 aliphatic rings. The maximum Gasteiger partial charge on any atom is 0.165 e. The summed E-state index contributed by atoms with van der Waals surface area (Å²) in [6, 6.07) is 17.8. The lowest BCUT2D eigenvalue weighted by Gasteiger charge is -2.24. The highest BCUT2D eigenvalue weighted by Crippen LogP contribution is 2.37. The van der Waals surface area contributed by atoms with Gasteiger partial charge in [-0.15, -0.1) is 0 Å². The molecule has 8 heteroatoms. The fourth-order valence-electron chi connectivity index (χ4n) is 3.78. The number of hydrogen-bond acceptors (Lipinski definition) is 4. The molecule has 33 heavy (non-hydrogen) atoms. The number of phenolic OH excluding ortho intramolecular Hbond substituents is 1. The van der Waals surface area contributed by atoms with E-state index in [4.69, 9.17) is 0 Å². The van der Waals surface area contributed by atoms with Gasteiger partial charge in [0.1, 0.15) is 0 Å². The number of phenols is 1. The third-order valence-corrected chi connectivity index (χ3v) is 6.86. The first-order valence-electron chi connectivity index (χ1n) is 10.6. The van der Waals surface area contributed by atoms with Crippen LogP contribution in [0.4, 0.5) is 15.8 Å². The second-order valence-corrected chi connectivity index (χ2v) is 9.04. The number of hydrogen-bond donors (Lipinski definition) is 3. The molecule has 0 aliphatic heterocycles. The number of aromatic hydroxyl groups is 1. The van der Waals surface area contributed by atoms with Crippen molar-refractivity contribution in [3.63, 3.8) is 0 Å². The monoisotopic (exact) mass is 464 g/mol. The first kappa shape index (κ1) is 22.5. The highest BCUT2D eigenvalue weighted by atomic mass is 32.2. The molecule has 0 bridgehead atoms. The van der Waals surface area contributed by atoms with Gasteiger partial charge in [-0.1, -0.05) is 37.3 Å². The first-order valence-corrected chi connectivity index (χ1v) is 11.7. The lowest BCUT2D eigenvalue weighted by atomic mass is 9.92. The highest BCUT2D eigenvalue weighted by Gasteiger charge is 2.20. The van der Waals surface area contributed by atoms with E-state index in [0.29, 0.717) is 23.4 Å². The Labute approximate surface area is 194 Å². The summed E-state index contributed by atoms with van der Waals surface area (Å²) in [6.07, 6.45) is 4.03. The van der Waals surface area contributed by atoms with E-state index in [2.05, 4.69) is 15.5 Å². The average Bonchev–Trinajstić information content (AvgIpc) is 3.37. The fraction of sp³-hybridized carbons (Fsp3) is 0.160. The number of H-pyrrole nitrogens is 1. The molecule has 3 N–H and O–H groups in total. The average molecular weight is 465 g/mol. The van der Waals surface area contributed by atoms with E-state index in [1.165, 1.54) is 12.1 Å². The smallest absolute Gasteiger partial charge is 0.165 e. The largest absolute Gasteiger partial charge is 0.505 e. The van der Waals surface area contributed by atoms with Crippen molar-refractivity contribution in [2.45, 2.75) is 24.8 Å². The van der Waals surface area contributed by atoms with Gasteiger partial charge in [0.05, 0.1) is 22.5 Å². The summed E-state index contributed by atoms with van der Waals surface area (Å²) in [5.74, 6) is -1.05. The molecular weight excluding hydrogens is 439 g/mol. The minimum atomic E-state index is -1.44. The lowest BCUT2D eigenvalue weighted by Crippen LogP contribution is -2.22. The maximum absolute atomic E-state index is 14.4. The van der Waals surface area contributed by atoms with Gasteiger partial charge in [-0.05, 0) is 53.4 Å². The number of aromatic nitrogens is 2. The number of aromatic amines is 1. The van der Waals surface area contributed by atoms with E-state index in [1.54, 1.807) is 23.7 Å². The highest BCUT2D eigenvalue weighted by molar-refractivity contribution is 7.86. The van der Waals surface area contributed by atoms with E-state index >= 15 is 0 Å². The zero-order valence-electron chi connectivity index (χ0n) is 18.4. The zero-order valence-corrected chi connectivity index (χ0v) is 19.2. The third-order valence-electron chi connectivity index (χ3n) is 5.50.